The standard InChI is InChI=1S/C12H25NO2S/c1-12(2)7-4-6-11(10-12)13-8-5-9-16(3,14)15/h11,13H,4-10H2,1-3H3. The van der Waals surface area contributed by atoms with Crippen molar-refractivity contribution in [2.75, 3.05) is 18.6 Å². The van der Waals surface area contributed by atoms with Crippen LogP contribution in [0.3, 0.4) is 0 Å². The van der Waals surface area contributed by atoms with Crippen molar-refractivity contribution in [1.82, 2.24) is 5.32 Å². The second kappa shape index (κ2) is 5.50. The van der Waals surface area contributed by atoms with E-state index in [1.807, 2.05) is 0 Å². The summed E-state index contributed by atoms with van der Waals surface area (Å²) in [7, 11) is -2.79. The Balaban J connectivity index is 2.18. The molecule has 0 radical (unpaired) electrons. The summed E-state index contributed by atoms with van der Waals surface area (Å²) >= 11 is 0. The van der Waals surface area contributed by atoms with Crippen LogP contribution in [0.1, 0.15) is 46.0 Å². The van der Waals surface area contributed by atoms with Crippen LogP contribution < -0.4 is 5.32 Å². The van der Waals surface area contributed by atoms with Gasteiger partial charge in [-0.2, -0.15) is 0 Å². The van der Waals surface area contributed by atoms with Crippen LogP contribution in [0.4, 0.5) is 0 Å². The molecule has 0 heterocycles. The second-order valence-electron chi connectivity index (χ2n) is 5.90. The fourth-order valence-electron chi connectivity index (χ4n) is 2.51. The van der Waals surface area contributed by atoms with E-state index < -0.39 is 9.84 Å². The molecule has 1 unspecified atom stereocenters. The Bertz CT molecular complexity index is 309. The van der Waals surface area contributed by atoms with Gasteiger partial charge in [0.15, 0.2) is 0 Å². The number of sulfone groups is 1. The van der Waals surface area contributed by atoms with Gasteiger partial charge in [-0.15, -0.1) is 0 Å². The molecule has 1 saturated carbocycles. The minimum Gasteiger partial charge on any atom is -0.314 e. The van der Waals surface area contributed by atoms with Crippen LogP contribution in [0.2, 0.25) is 0 Å². The van der Waals surface area contributed by atoms with Crippen molar-refractivity contribution in [3.05, 3.63) is 0 Å². The zero-order chi connectivity index (χ0) is 12.2. The zero-order valence-electron chi connectivity index (χ0n) is 10.8. The van der Waals surface area contributed by atoms with Gasteiger partial charge in [0.05, 0.1) is 5.75 Å². The minimum absolute atomic E-state index is 0.302. The van der Waals surface area contributed by atoms with E-state index in [0.29, 0.717) is 17.2 Å². The Labute approximate surface area is 99.9 Å². The summed E-state index contributed by atoms with van der Waals surface area (Å²) in [5, 5.41) is 3.49. The van der Waals surface area contributed by atoms with Crippen molar-refractivity contribution in [3.8, 4) is 0 Å². The lowest BCUT2D eigenvalue weighted by Gasteiger charge is -2.35. The van der Waals surface area contributed by atoms with Gasteiger partial charge in [0.2, 0.25) is 0 Å². The second-order valence-corrected chi connectivity index (χ2v) is 8.15. The quantitative estimate of drug-likeness (QED) is 0.756. The smallest absolute Gasteiger partial charge is 0.147 e. The van der Waals surface area contributed by atoms with Gasteiger partial charge in [0.1, 0.15) is 9.84 Å². The van der Waals surface area contributed by atoms with Gasteiger partial charge in [-0.05, 0) is 37.6 Å². The third-order valence-electron chi connectivity index (χ3n) is 3.33. The average Bonchev–Trinajstić information content (AvgIpc) is 2.09. The van der Waals surface area contributed by atoms with E-state index in [4.69, 9.17) is 0 Å². The lowest BCUT2D eigenvalue weighted by atomic mass is 9.75. The summed E-state index contributed by atoms with van der Waals surface area (Å²) in [5.41, 5.74) is 0.451. The Morgan fingerprint density at radius 2 is 2.06 bits per heavy atom. The van der Waals surface area contributed by atoms with Gasteiger partial charge in [0, 0.05) is 12.3 Å². The molecule has 0 aromatic rings. The molecule has 0 aromatic heterocycles. The Kier molecular flexibility index (Phi) is 4.80. The van der Waals surface area contributed by atoms with Crippen molar-refractivity contribution in [1.29, 1.82) is 0 Å². The van der Waals surface area contributed by atoms with Gasteiger partial charge in [-0.3, -0.25) is 0 Å². The molecule has 3 nitrogen and oxygen atoms in total. The topological polar surface area (TPSA) is 46.2 Å². The van der Waals surface area contributed by atoms with Crippen LogP contribution in [0.5, 0.6) is 0 Å². The molecule has 1 rings (SSSR count). The molecule has 0 saturated heterocycles. The largest absolute Gasteiger partial charge is 0.314 e. The van der Waals surface area contributed by atoms with Crippen LogP contribution in [-0.4, -0.2) is 33.0 Å². The molecule has 0 aromatic carbocycles. The fourth-order valence-corrected chi connectivity index (χ4v) is 3.18. The highest BCUT2D eigenvalue weighted by Gasteiger charge is 2.27. The van der Waals surface area contributed by atoms with Crippen molar-refractivity contribution >= 4 is 9.84 Å². The predicted octanol–water partition coefficient (Wildman–Crippen LogP) is 1.98. The van der Waals surface area contributed by atoms with Crippen LogP contribution in [0, 0.1) is 5.41 Å². The molecule has 0 aliphatic heterocycles. The predicted molar refractivity (Wildman–Crippen MR) is 68.4 cm³/mol. The molecule has 16 heavy (non-hydrogen) atoms. The van der Waals surface area contributed by atoms with E-state index in [0.717, 1.165) is 13.0 Å². The van der Waals surface area contributed by atoms with E-state index in [9.17, 15) is 8.42 Å². The summed E-state index contributed by atoms with van der Waals surface area (Å²) in [6, 6.07) is 0.586. The van der Waals surface area contributed by atoms with Gasteiger partial charge in [-0.1, -0.05) is 20.3 Å². The van der Waals surface area contributed by atoms with E-state index in [2.05, 4.69) is 19.2 Å². The van der Waals surface area contributed by atoms with E-state index in [1.165, 1.54) is 31.9 Å². The fraction of sp³-hybridized carbons (Fsp3) is 1.00. The summed E-state index contributed by atoms with van der Waals surface area (Å²) in [4.78, 5) is 0. The molecule has 96 valence electrons. The first-order valence-electron chi connectivity index (χ1n) is 6.20. The molecule has 1 atom stereocenters. The van der Waals surface area contributed by atoms with E-state index >= 15 is 0 Å². The Hall–Kier alpha value is -0.0900. The summed E-state index contributed by atoms with van der Waals surface area (Å²) in [6.45, 7) is 5.46. The van der Waals surface area contributed by atoms with E-state index in [1.54, 1.807) is 0 Å². The summed E-state index contributed by atoms with van der Waals surface area (Å²) in [5.74, 6) is 0.302. The lowest BCUT2D eigenvalue weighted by Crippen LogP contribution is -2.38. The molecule has 0 bridgehead atoms. The van der Waals surface area contributed by atoms with Gasteiger partial charge < -0.3 is 5.32 Å². The maximum absolute atomic E-state index is 11.0. The summed E-state index contributed by atoms with van der Waals surface area (Å²) < 4.78 is 21.9. The molecule has 0 spiro atoms. The van der Waals surface area contributed by atoms with Crippen molar-refractivity contribution in [3.63, 3.8) is 0 Å². The normalized spacial score (nSPS) is 25.6. The monoisotopic (exact) mass is 247 g/mol. The molecule has 1 N–H and O–H groups in total. The third-order valence-corrected chi connectivity index (χ3v) is 4.36. The molecule has 1 aliphatic rings. The van der Waals surface area contributed by atoms with Crippen LogP contribution in [-0.2, 0) is 9.84 Å². The minimum atomic E-state index is -2.79. The van der Waals surface area contributed by atoms with Gasteiger partial charge in [0.25, 0.3) is 0 Å². The molecular formula is C12H25NO2S. The molecule has 4 heteroatoms. The number of nitrogens with one attached hydrogen (secondary N) is 1. The highest BCUT2D eigenvalue weighted by molar-refractivity contribution is 7.90. The molecule has 1 fully saturated rings. The third kappa shape index (κ3) is 5.85. The van der Waals surface area contributed by atoms with Crippen molar-refractivity contribution in [2.24, 2.45) is 5.41 Å². The Morgan fingerprint density at radius 1 is 1.38 bits per heavy atom. The summed E-state index contributed by atoms with van der Waals surface area (Å²) in [6.07, 6.45) is 7.09. The first kappa shape index (κ1) is 14.0. The number of hydrogen-bond acceptors (Lipinski definition) is 3. The van der Waals surface area contributed by atoms with Crippen LogP contribution in [0.15, 0.2) is 0 Å². The lowest BCUT2D eigenvalue weighted by molar-refractivity contribution is 0.199. The maximum Gasteiger partial charge on any atom is 0.147 e. The number of hydrogen-bond donors (Lipinski definition) is 1. The highest BCUT2D eigenvalue weighted by Crippen LogP contribution is 2.34. The van der Waals surface area contributed by atoms with E-state index in [-0.39, 0.29) is 0 Å². The molecule has 0 amide bonds. The highest BCUT2D eigenvalue weighted by atomic mass is 32.2. The first-order valence-corrected chi connectivity index (χ1v) is 8.26. The van der Waals surface area contributed by atoms with Crippen LogP contribution >= 0.6 is 0 Å². The van der Waals surface area contributed by atoms with Crippen molar-refractivity contribution < 1.29 is 8.42 Å². The Morgan fingerprint density at radius 3 is 2.62 bits per heavy atom. The van der Waals surface area contributed by atoms with Gasteiger partial charge >= 0.3 is 0 Å². The van der Waals surface area contributed by atoms with Crippen LogP contribution in [0.25, 0.3) is 0 Å². The number of rotatable bonds is 5. The van der Waals surface area contributed by atoms with Gasteiger partial charge in [-0.25, -0.2) is 8.42 Å². The molecule has 1 aliphatic carbocycles. The average molecular weight is 247 g/mol. The zero-order valence-corrected chi connectivity index (χ0v) is 11.6. The molecular weight excluding hydrogens is 222 g/mol. The maximum atomic E-state index is 11.0. The first-order chi connectivity index (χ1) is 7.29. The van der Waals surface area contributed by atoms with Crippen molar-refractivity contribution in [2.45, 2.75) is 52.0 Å². The SMILES string of the molecule is CC1(C)CCCC(NCCCS(C)(=O)=O)C1.